The van der Waals surface area contributed by atoms with Crippen LogP contribution in [0.3, 0.4) is 0 Å². The van der Waals surface area contributed by atoms with Crippen molar-refractivity contribution in [1.29, 1.82) is 0 Å². The van der Waals surface area contributed by atoms with Gasteiger partial charge in [0.15, 0.2) is 0 Å². The third kappa shape index (κ3) is 4.43. The van der Waals surface area contributed by atoms with Gasteiger partial charge in [-0.2, -0.15) is 0 Å². The molecule has 0 aliphatic heterocycles. The first-order valence-electron chi connectivity index (χ1n) is 7.69. The zero-order chi connectivity index (χ0) is 16.5. The van der Waals surface area contributed by atoms with E-state index in [1.165, 1.54) is 0 Å². The molecular weight excluding hydrogens is 282 g/mol. The molecule has 2 rings (SSSR count). The largest absolute Gasteiger partial charge is 0.489 e. The fourth-order valence-electron chi connectivity index (χ4n) is 2.94. The fraction of sp³-hybridized carbons (Fsp3) is 0.647. The molecule has 0 bridgehead atoms. The molecule has 0 unspecified atom stereocenters. The lowest BCUT2D eigenvalue weighted by Crippen LogP contribution is -2.55. The van der Waals surface area contributed by atoms with E-state index in [0.29, 0.717) is 18.6 Å². The molecule has 5 heteroatoms. The Labute approximate surface area is 131 Å². The van der Waals surface area contributed by atoms with E-state index < -0.39 is 17.9 Å². The second-order valence-electron chi connectivity index (χ2n) is 7.37. The predicted molar refractivity (Wildman–Crippen MR) is 84.9 cm³/mol. The van der Waals surface area contributed by atoms with Crippen LogP contribution in [0.4, 0.5) is 0 Å². The van der Waals surface area contributed by atoms with Crippen molar-refractivity contribution in [2.24, 2.45) is 0 Å². The summed E-state index contributed by atoms with van der Waals surface area (Å²) in [5.74, 6) is 0.652. The van der Waals surface area contributed by atoms with Gasteiger partial charge in [0.25, 0.3) is 0 Å². The molecular formula is C17H27NO4. The first-order valence-corrected chi connectivity index (χ1v) is 7.69. The Morgan fingerprint density at radius 1 is 1.14 bits per heavy atom. The molecule has 0 spiro atoms. The first-order chi connectivity index (χ1) is 10.1. The minimum Gasteiger partial charge on any atom is -0.489 e. The van der Waals surface area contributed by atoms with Crippen molar-refractivity contribution in [1.82, 2.24) is 5.32 Å². The summed E-state index contributed by atoms with van der Waals surface area (Å²) in [6.07, 6.45) is -0.717. The van der Waals surface area contributed by atoms with Gasteiger partial charge in [-0.1, -0.05) is 12.1 Å². The summed E-state index contributed by atoms with van der Waals surface area (Å²) in [5, 5.41) is 33.1. The molecule has 1 aromatic rings. The van der Waals surface area contributed by atoms with Crippen molar-refractivity contribution < 1.29 is 20.1 Å². The van der Waals surface area contributed by atoms with Gasteiger partial charge in [-0.05, 0) is 39.3 Å². The average Bonchev–Trinajstić information content (AvgIpc) is 2.35. The number of nitrogens with one attached hydrogen (secondary N) is 1. The van der Waals surface area contributed by atoms with Crippen molar-refractivity contribution >= 4 is 0 Å². The molecule has 1 aliphatic carbocycles. The van der Waals surface area contributed by atoms with Gasteiger partial charge in [-0.15, -0.1) is 0 Å². The zero-order valence-corrected chi connectivity index (χ0v) is 13.8. The number of benzene rings is 1. The molecule has 0 fully saturated rings. The van der Waals surface area contributed by atoms with E-state index in [1.54, 1.807) is 6.92 Å². The van der Waals surface area contributed by atoms with Crippen LogP contribution in [0.5, 0.6) is 5.75 Å². The Kier molecular flexibility index (Phi) is 4.82. The Morgan fingerprint density at radius 2 is 1.77 bits per heavy atom. The number of aliphatic hydroxyl groups excluding tert-OH is 2. The molecule has 0 saturated heterocycles. The maximum Gasteiger partial charge on any atom is 0.147 e. The predicted octanol–water partition coefficient (Wildman–Crippen LogP) is 0.982. The van der Waals surface area contributed by atoms with Crippen LogP contribution in [0.2, 0.25) is 0 Å². The molecule has 0 saturated carbocycles. The van der Waals surface area contributed by atoms with Crippen LogP contribution in [0.25, 0.3) is 0 Å². The molecule has 22 heavy (non-hydrogen) atoms. The summed E-state index contributed by atoms with van der Waals surface area (Å²) in [6, 6.07) is 5.63. The van der Waals surface area contributed by atoms with E-state index in [-0.39, 0.29) is 12.1 Å². The van der Waals surface area contributed by atoms with Crippen LogP contribution in [0.15, 0.2) is 18.2 Å². The molecule has 0 aromatic heterocycles. The summed E-state index contributed by atoms with van der Waals surface area (Å²) < 4.78 is 5.79. The normalized spacial score (nSPS) is 24.5. The zero-order valence-electron chi connectivity index (χ0n) is 13.8. The van der Waals surface area contributed by atoms with Crippen molar-refractivity contribution in [2.75, 3.05) is 6.61 Å². The minimum absolute atomic E-state index is 0.0966. The van der Waals surface area contributed by atoms with Crippen LogP contribution in [0.1, 0.15) is 38.8 Å². The number of hydrogen-bond donors (Lipinski definition) is 4. The Balaban J connectivity index is 2.10. The summed E-state index contributed by atoms with van der Waals surface area (Å²) in [4.78, 5) is 0. The van der Waals surface area contributed by atoms with Gasteiger partial charge in [-0.25, -0.2) is 0 Å². The Morgan fingerprint density at radius 3 is 2.41 bits per heavy atom. The van der Waals surface area contributed by atoms with Gasteiger partial charge in [0.2, 0.25) is 0 Å². The van der Waals surface area contributed by atoms with Crippen molar-refractivity contribution in [3.63, 3.8) is 0 Å². The summed E-state index contributed by atoms with van der Waals surface area (Å²) in [5.41, 5.74) is 0.502. The monoisotopic (exact) mass is 309 g/mol. The van der Waals surface area contributed by atoms with Gasteiger partial charge < -0.3 is 20.1 Å². The smallest absolute Gasteiger partial charge is 0.147 e. The van der Waals surface area contributed by atoms with Crippen LogP contribution >= 0.6 is 0 Å². The highest BCUT2D eigenvalue weighted by atomic mass is 16.5. The number of aliphatic hydroxyl groups is 3. The lowest BCUT2D eigenvalue weighted by molar-refractivity contribution is -0.0373. The molecule has 0 radical (unpaired) electrons. The Bertz CT molecular complexity index is 522. The first kappa shape index (κ1) is 17.2. The number of ether oxygens (including phenoxy) is 1. The van der Waals surface area contributed by atoms with E-state index in [0.717, 1.165) is 11.1 Å². The van der Waals surface area contributed by atoms with Crippen molar-refractivity contribution in [2.45, 2.75) is 64.0 Å². The highest BCUT2D eigenvalue weighted by Crippen LogP contribution is 2.30. The molecule has 124 valence electrons. The number of fused-ring (bicyclic) bond motifs is 1. The van der Waals surface area contributed by atoms with Gasteiger partial charge in [-0.3, -0.25) is 5.32 Å². The summed E-state index contributed by atoms with van der Waals surface area (Å²) in [6.45, 7) is 7.70. The van der Waals surface area contributed by atoms with Crippen LogP contribution in [-0.4, -0.2) is 45.4 Å². The van der Waals surface area contributed by atoms with E-state index in [9.17, 15) is 15.3 Å². The molecule has 5 nitrogen and oxygen atoms in total. The van der Waals surface area contributed by atoms with Gasteiger partial charge >= 0.3 is 0 Å². The SMILES string of the molecule is CC(C)(C)N[C@@](C)(O)COc1cccc2c1C[C@@H](O)[C@@H](O)C2. The lowest BCUT2D eigenvalue weighted by Gasteiger charge is -2.34. The molecule has 1 aliphatic rings. The standard InChI is InChI=1S/C17H27NO4/c1-16(2,3)18-17(4,21)10-22-15-7-5-6-11-8-13(19)14(20)9-12(11)15/h5-7,13-14,18-21H,8-10H2,1-4H3/t13-,14+,17-/m0/s1. The highest BCUT2D eigenvalue weighted by molar-refractivity contribution is 5.43. The van der Waals surface area contributed by atoms with Gasteiger partial charge in [0, 0.05) is 23.9 Å². The van der Waals surface area contributed by atoms with E-state index >= 15 is 0 Å². The minimum atomic E-state index is -1.16. The maximum absolute atomic E-state index is 10.4. The molecule has 0 amide bonds. The number of hydrogen-bond acceptors (Lipinski definition) is 5. The maximum atomic E-state index is 10.4. The summed E-state index contributed by atoms with van der Waals surface area (Å²) in [7, 11) is 0. The lowest BCUT2D eigenvalue weighted by atomic mass is 9.87. The van der Waals surface area contributed by atoms with Gasteiger partial charge in [0.05, 0.1) is 12.2 Å². The van der Waals surface area contributed by atoms with E-state index in [4.69, 9.17) is 4.74 Å². The fourth-order valence-corrected chi connectivity index (χ4v) is 2.94. The summed E-state index contributed by atoms with van der Waals surface area (Å²) >= 11 is 0. The third-order valence-corrected chi connectivity index (χ3v) is 3.67. The molecule has 0 heterocycles. The number of rotatable bonds is 4. The Hall–Kier alpha value is -1.14. The van der Waals surface area contributed by atoms with Gasteiger partial charge in [0.1, 0.15) is 18.1 Å². The quantitative estimate of drug-likeness (QED) is 0.624. The second-order valence-corrected chi connectivity index (χ2v) is 7.37. The van der Waals surface area contributed by atoms with Crippen LogP contribution in [-0.2, 0) is 12.8 Å². The highest BCUT2D eigenvalue weighted by Gasteiger charge is 2.30. The third-order valence-electron chi connectivity index (χ3n) is 3.67. The second kappa shape index (κ2) is 6.16. The topological polar surface area (TPSA) is 82.0 Å². The van der Waals surface area contributed by atoms with Crippen LogP contribution < -0.4 is 10.1 Å². The average molecular weight is 309 g/mol. The van der Waals surface area contributed by atoms with Crippen molar-refractivity contribution in [3.8, 4) is 5.75 Å². The van der Waals surface area contributed by atoms with E-state index in [1.807, 2.05) is 39.0 Å². The molecule has 4 N–H and O–H groups in total. The van der Waals surface area contributed by atoms with Crippen molar-refractivity contribution in [3.05, 3.63) is 29.3 Å². The molecule has 1 aromatic carbocycles. The van der Waals surface area contributed by atoms with Crippen LogP contribution in [0, 0.1) is 0 Å². The van der Waals surface area contributed by atoms with E-state index in [2.05, 4.69) is 5.32 Å². The molecule has 3 atom stereocenters.